The second-order valence-electron chi connectivity index (χ2n) is 36.9. The largest absolute Gasteiger partial charge is 0.475 e. The molecule has 0 unspecified atom stereocenters. The van der Waals surface area contributed by atoms with Gasteiger partial charge in [0, 0.05) is 167 Å². The molecular formula is C107H123FN22O5. The number of fused-ring (bicyclic) bond motifs is 6. The number of pyridine rings is 3. The Morgan fingerprint density at radius 1 is 0.481 bits per heavy atom. The fourth-order valence-electron chi connectivity index (χ4n) is 21.4. The Balaban J connectivity index is 0.000000154. The molecule has 8 aliphatic rings. The van der Waals surface area contributed by atoms with Gasteiger partial charge in [-0.3, -0.25) is 19.3 Å². The molecule has 8 aliphatic heterocycles. The Labute approximate surface area is 793 Å². The van der Waals surface area contributed by atoms with Gasteiger partial charge in [-0.2, -0.15) is 31.6 Å². The highest BCUT2D eigenvalue weighted by Gasteiger charge is 2.41. The monoisotopic (exact) mass is 1820 g/mol. The Morgan fingerprint density at radius 3 is 1.24 bits per heavy atom. The van der Waals surface area contributed by atoms with Crippen LogP contribution in [-0.4, -0.2) is 251 Å². The predicted molar refractivity (Wildman–Crippen MR) is 530 cm³/mol. The number of carbonyl (C=O) groups excluding carboxylic acids is 3. The van der Waals surface area contributed by atoms with Crippen molar-refractivity contribution in [3.05, 3.63) is 214 Å². The highest BCUT2D eigenvalue weighted by molar-refractivity contribution is 6.00. The first-order chi connectivity index (χ1) is 65.5. The topological polar surface area (TPSA) is 293 Å². The van der Waals surface area contributed by atoms with Crippen molar-refractivity contribution < 1.29 is 28.2 Å². The number of likely N-dealkylation sites (tertiary alicyclic amines) is 1. The average Bonchev–Trinajstić information content (AvgIpc) is 0.699. The number of anilines is 7. The van der Waals surface area contributed by atoms with E-state index in [0.717, 1.165) is 134 Å². The lowest BCUT2D eigenvalue weighted by Crippen LogP contribution is -2.55. The summed E-state index contributed by atoms with van der Waals surface area (Å²) in [6, 6.07) is 52.2. The van der Waals surface area contributed by atoms with Crippen LogP contribution in [0.15, 0.2) is 147 Å². The number of likely N-dealkylation sites (N-methyl/N-ethyl adjacent to an activating group) is 1. The molecule has 135 heavy (non-hydrogen) atoms. The average molecular weight is 1820 g/mol. The third-order valence-electron chi connectivity index (χ3n) is 28.3. The van der Waals surface area contributed by atoms with E-state index in [1.54, 1.807) is 14.7 Å². The minimum atomic E-state index is -0.825. The molecule has 0 saturated carbocycles. The first-order valence-electron chi connectivity index (χ1n) is 47.5. The summed E-state index contributed by atoms with van der Waals surface area (Å²) in [7, 11) is 6.31. The molecule has 5 saturated heterocycles. The van der Waals surface area contributed by atoms with Gasteiger partial charge >= 0.3 is 0 Å². The van der Waals surface area contributed by atoms with Crippen molar-refractivity contribution in [3.63, 3.8) is 0 Å². The molecule has 3 aromatic heterocycles. The molecule has 5 atom stereocenters. The number of alkyl halides is 1. The molecule has 0 spiro atoms. The fourth-order valence-corrected chi connectivity index (χ4v) is 21.4. The van der Waals surface area contributed by atoms with Crippen LogP contribution in [0.25, 0.3) is 32.3 Å². The van der Waals surface area contributed by atoms with Gasteiger partial charge in [0.1, 0.15) is 59.6 Å². The summed E-state index contributed by atoms with van der Waals surface area (Å²) in [4.78, 5) is 81.0. The zero-order chi connectivity index (χ0) is 95.3. The second kappa shape index (κ2) is 43.4. The van der Waals surface area contributed by atoms with E-state index < -0.39 is 6.17 Å². The van der Waals surface area contributed by atoms with Crippen LogP contribution in [0.1, 0.15) is 126 Å². The van der Waals surface area contributed by atoms with Gasteiger partial charge in [-0.25, -0.2) is 19.3 Å². The van der Waals surface area contributed by atoms with E-state index in [2.05, 4.69) is 256 Å². The number of amides is 3. The first kappa shape index (κ1) is 95.7. The summed E-state index contributed by atoms with van der Waals surface area (Å²) in [5, 5.41) is 68.0. The number of hydrogen-bond acceptors (Lipinski definition) is 24. The fraction of sp³-hybridized carbons (Fsp3) is 0.439. The van der Waals surface area contributed by atoms with Gasteiger partial charge in [0.05, 0.1) is 109 Å². The summed E-state index contributed by atoms with van der Waals surface area (Å²) in [6.07, 6.45) is 9.09. The minimum absolute atomic E-state index is 0.155. The maximum absolute atomic E-state index is 14.0. The molecule has 0 bridgehead atoms. The van der Waals surface area contributed by atoms with Crippen molar-refractivity contribution in [3.8, 4) is 48.2 Å². The highest BCUT2D eigenvalue weighted by atomic mass is 19.1. The molecule has 9 aromatic rings. The number of piperidine rings is 2. The van der Waals surface area contributed by atoms with Gasteiger partial charge < -0.3 is 68.3 Å². The Bertz CT molecular complexity index is 6210. The zero-order valence-electron chi connectivity index (χ0n) is 79.3. The number of ether oxygens (including phenoxy) is 2. The number of nitriles is 6. The van der Waals surface area contributed by atoms with Gasteiger partial charge in [0.2, 0.25) is 29.5 Å². The van der Waals surface area contributed by atoms with Crippen LogP contribution in [0, 0.1) is 88.8 Å². The molecule has 0 N–H and O–H groups in total. The zero-order valence-corrected chi connectivity index (χ0v) is 79.3. The number of halogens is 1. The first-order valence-corrected chi connectivity index (χ1v) is 47.5. The van der Waals surface area contributed by atoms with Crippen molar-refractivity contribution in [2.45, 2.75) is 155 Å². The van der Waals surface area contributed by atoms with E-state index in [1.807, 2.05) is 14.0 Å². The van der Waals surface area contributed by atoms with E-state index in [4.69, 9.17) is 24.4 Å². The molecule has 28 heteroatoms. The molecule has 17 rings (SSSR count). The number of aromatic nitrogens is 3. The van der Waals surface area contributed by atoms with Crippen LogP contribution in [0.5, 0.6) is 11.8 Å². The van der Waals surface area contributed by atoms with Gasteiger partial charge in [0.15, 0.2) is 0 Å². The van der Waals surface area contributed by atoms with E-state index in [1.165, 1.54) is 78.6 Å². The number of hydrogen-bond donors (Lipinski definition) is 0. The highest BCUT2D eigenvalue weighted by Crippen LogP contribution is 2.46. The molecule has 3 amide bonds. The molecule has 0 aliphatic carbocycles. The molecule has 27 nitrogen and oxygen atoms in total. The maximum Gasteiger partial charge on any atom is 0.246 e. The van der Waals surface area contributed by atoms with Crippen molar-refractivity contribution in [2.75, 3.05) is 186 Å². The lowest BCUT2D eigenvalue weighted by molar-refractivity contribution is -0.129. The van der Waals surface area contributed by atoms with Crippen LogP contribution in [0.2, 0.25) is 0 Å². The Morgan fingerprint density at radius 2 is 0.867 bits per heavy atom. The Hall–Kier alpha value is -13.9. The van der Waals surface area contributed by atoms with Crippen LogP contribution in [0.3, 0.4) is 0 Å². The van der Waals surface area contributed by atoms with Gasteiger partial charge in [-0.15, -0.1) is 0 Å². The third kappa shape index (κ3) is 20.6. The van der Waals surface area contributed by atoms with Crippen molar-refractivity contribution >= 4 is 90.0 Å². The number of aryl methyl sites for hydroxylation is 3. The van der Waals surface area contributed by atoms with Gasteiger partial charge in [0.25, 0.3) is 0 Å². The number of carbonyl (C=O) groups is 3. The molecule has 5 fully saturated rings. The van der Waals surface area contributed by atoms with E-state index in [9.17, 15) is 50.3 Å². The maximum atomic E-state index is 14.0. The lowest BCUT2D eigenvalue weighted by atomic mass is 9.95. The quantitative estimate of drug-likeness (QED) is 0.0537. The summed E-state index contributed by atoms with van der Waals surface area (Å²) >= 11 is 0. The Kier molecular flexibility index (Phi) is 30.8. The second-order valence-corrected chi connectivity index (χ2v) is 36.9. The molecular weight excluding hydrogens is 1690 g/mol. The molecule has 0 radical (unpaired) electrons. The van der Waals surface area contributed by atoms with Gasteiger partial charge in [-0.05, 0) is 176 Å². The number of benzene rings is 6. The molecule has 6 aromatic carbocycles. The third-order valence-corrected chi connectivity index (χ3v) is 28.3. The summed E-state index contributed by atoms with van der Waals surface area (Å²) < 4.78 is 26.7. The van der Waals surface area contributed by atoms with E-state index >= 15 is 0 Å². The lowest BCUT2D eigenvalue weighted by Gasteiger charge is -2.44. The normalized spacial score (nSPS) is 18.8. The van der Waals surface area contributed by atoms with Crippen LogP contribution >= 0.6 is 0 Å². The minimum Gasteiger partial charge on any atom is -0.475 e. The van der Waals surface area contributed by atoms with Crippen LogP contribution in [0.4, 0.5) is 44.3 Å². The summed E-state index contributed by atoms with van der Waals surface area (Å²) in [5.41, 5.74) is 17.1. The molecule has 698 valence electrons. The van der Waals surface area contributed by atoms with Crippen molar-refractivity contribution in [1.29, 1.82) is 31.6 Å². The smallest absolute Gasteiger partial charge is 0.246 e. The van der Waals surface area contributed by atoms with E-state index in [-0.39, 0.29) is 73.7 Å². The number of nitrogens with zero attached hydrogens (tertiary/aromatic N) is 22. The molecule has 11 heterocycles. The standard InChI is InChI=1S/C36H40FN7O2.C36H42N8O.C35H41N7O2/c1-3-33(45)44-18-17-43(23-28(44)12-14-38)35-29-13-16-42(32-11-5-9-26-8-4-7-25(2)34(26)32)24-31(29)40-36(30(35)21-39)46-20-19-41-15-6-10-27(37)22-41;1-5-33(45)44-21-20-43(23-28(44)12-16-37)35-29-15-19-42(32-11-7-10-26-9-6-8-25(2)34(26)32)24-31(29)39-36(30(35)22-38)41-17-13-27(14-18-41)40(3)4;1-6-32(43)42-19-18-41(22-27(42)14-16-36)34-28-15-17-40(31-13-9-12-26-11-8-10-24(3)33(26)31)23-30(28)38-35(29(34)20-37)44-25(4)21-39(5)7-2/h3-5,7-9,11,27-28H,1,6,10,12-13,15-20,22-24H2,2H3;5-11,27-28H,1,12-15,17-21,23-24H2,2-4H3;6,8-13,25,27H,1,7,14-15,17-19,21-23H2,2-5H3/t27-,28-;28-;25-,27+/m001/s1. The van der Waals surface area contributed by atoms with E-state index in [0.29, 0.717) is 146 Å². The SMILES string of the molecule is C=CC(=O)N1CCN(c2c(C#N)c(N3CCC(N(C)C)CC3)nc3c2CCN(c2cccc4cccc(C)c24)C3)C[C@@H]1CC#N.C=CC(=O)N1CCN(c2c(C#N)c(OCCN3CCC[C@H](F)C3)nc3c2CCN(c2cccc4cccc(C)c24)C3)C[C@@H]1CC#N.C=CC(=O)N1CCN(c2c(C#N)c(O[C@H](C)CN(C)CC)nc3c2CCN(c2cccc4cccc(C)c24)C3)C[C@@H]1CC#N. The van der Waals surface area contributed by atoms with Gasteiger partial charge in [-0.1, -0.05) is 118 Å². The van der Waals surface area contributed by atoms with Crippen molar-refractivity contribution in [1.82, 2.24) is 44.4 Å². The summed E-state index contributed by atoms with van der Waals surface area (Å²) in [6.45, 7) is 35.2. The van der Waals surface area contributed by atoms with Crippen molar-refractivity contribution in [2.24, 2.45) is 0 Å². The van der Waals surface area contributed by atoms with Crippen LogP contribution in [-0.2, 0) is 53.3 Å². The number of rotatable bonds is 23. The predicted octanol–water partition coefficient (Wildman–Crippen LogP) is 14.3. The number of piperazine rings is 3. The van der Waals surface area contributed by atoms with Crippen LogP contribution < -0.4 is 43.8 Å². The summed E-state index contributed by atoms with van der Waals surface area (Å²) in [5.74, 6) is 0.855.